The molecular weight excluding hydrogens is 463 g/mol. The molecule has 5 rings (SSSR count). The first-order valence-electron chi connectivity index (χ1n) is 11.9. The van der Waals surface area contributed by atoms with E-state index in [0.29, 0.717) is 10.6 Å². The largest absolute Gasteiger partial charge is 0.358 e. The number of hydrogen-bond donors (Lipinski definition) is 2. The van der Waals surface area contributed by atoms with Gasteiger partial charge >= 0.3 is 0 Å². The van der Waals surface area contributed by atoms with E-state index >= 15 is 0 Å². The Labute approximate surface area is 210 Å². The second-order valence-corrected chi connectivity index (χ2v) is 10.2. The van der Waals surface area contributed by atoms with Crippen molar-refractivity contribution in [3.63, 3.8) is 0 Å². The highest BCUT2D eigenvalue weighted by molar-refractivity contribution is 6.30. The predicted octanol–water partition coefficient (Wildman–Crippen LogP) is 7.50. The van der Waals surface area contributed by atoms with Crippen molar-refractivity contribution in [2.75, 3.05) is 0 Å². The molecule has 34 heavy (non-hydrogen) atoms. The fourth-order valence-electron chi connectivity index (χ4n) is 5.11. The summed E-state index contributed by atoms with van der Waals surface area (Å²) in [5.74, 6) is 0.0429. The molecule has 2 N–H and O–H groups in total. The number of amides is 1. The van der Waals surface area contributed by atoms with Crippen LogP contribution in [0.3, 0.4) is 0 Å². The molecule has 1 heterocycles. The van der Waals surface area contributed by atoms with Crippen LogP contribution in [0.15, 0.2) is 66.7 Å². The third-order valence-corrected chi connectivity index (χ3v) is 7.49. The van der Waals surface area contributed by atoms with Crippen LogP contribution in [0.5, 0.6) is 0 Å². The highest BCUT2D eigenvalue weighted by Gasteiger charge is 2.23. The van der Waals surface area contributed by atoms with Gasteiger partial charge in [0.25, 0.3) is 5.91 Å². The molecule has 174 valence electrons. The number of carbonyl (C=O) groups excluding carboxylic acids is 1. The number of halogens is 2. The Bertz CT molecular complexity index is 1310. The van der Waals surface area contributed by atoms with E-state index in [0.717, 1.165) is 35.4 Å². The number of benzene rings is 3. The molecule has 3 aromatic carbocycles. The van der Waals surface area contributed by atoms with Crippen LogP contribution in [0.1, 0.15) is 58.4 Å². The molecule has 0 saturated heterocycles. The van der Waals surface area contributed by atoms with E-state index in [1.54, 1.807) is 0 Å². The van der Waals surface area contributed by atoms with Crippen molar-refractivity contribution in [3.8, 4) is 0 Å². The number of hydrogen-bond acceptors (Lipinski definition) is 1. The number of rotatable bonds is 6. The number of fused-ring (bicyclic) bond motifs is 3. The van der Waals surface area contributed by atoms with E-state index in [2.05, 4.69) is 23.3 Å². The van der Waals surface area contributed by atoms with Crippen molar-refractivity contribution in [2.24, 2.45) is 0 Å². The van der Waals surface area contributed by atoms with E-state index in [1.807, 2.05) is 60.7 Å². The van der Waals surface area contributed by atoms with Crippen LogP contribution in [0.4, 0.5) is 0 Å². The van der Waals surface area contributed by atoms with Gasteiger partial charge in [-0.15, -0.1) is 0 Å². The first-order chi connectivity index (χ1) is 16.5. The fourth-order valence-corrected chi connectivity index (χ4v) is 5.36. The first-order valence-corrected chi connectivity index (χ1v) is 12.7. The summed E-state index contributed by atoms with van der Waals surface area (Å²) in [6, 6.07) is 21.7. The molecule has 0 fully saturated rings. The molecule has 0 aliphatic heterocycles. The third-order valence-electron chi connectivity index (χ3n) is 6.99. The number of nitrogens with one attached hydrogen (secondary N) is 2. The van der Waals surface area contributed by atoms with Crippen molar-refractivity contribution >= 4 is 40.0 Å². The van der Waals surface area contributed by atoms with E-state index in [4.69, 9.17) is 23.2 Å². The smallest absolute Gasteiger partial charge is 0.251 e. The van der Waals surface area contributed by atoms with E-state index in [1.165, 1.54) is 35.0 Å². The van der Waals surface area contributed by atoms with E-state index in [9.17, 15) is 4.79 Å². The molecule has 2 atom stereocenters. The standard InChI is InChI=1S/C29H28Cl2N2O/c1-18(25(20-8-13-23(31)14-9-20)16-19-6-11-22(30)12-7-19)32-29(34)21-10-15-28-26(17-21)24-4-2-3-5-27(24)33-28/h6-15,17-18,25,33H,2-5,16H2,1H3,(H,32,34)/t18-,25+/m1/s1. The van der Waals surface area contributed by atoms with E-state index in [-0.39, 0.29) is 17.9 Å². The Balaban J connectivity index is 1.39. The molecule has 0 bridgehead atoms. The summed E-state index contributed by atoms with van der Waals surface area (Å²) in [7, 11) is 0. The lowest BCUT2D eigenvalue weighted by molar-refractivity contribution is 0.0934. The first kappa shape index (κ1) is 23.0. The van der Waals surface area contributed by atoms with Gasteiger partial charge in [0.1, 0.15) is 0 Å². The van der Waals surface area contributed by atoms with Gasteiger partial charge in [0.2, 0.25) is 0 Å². The quantitative estimate of drug-likeness (QED) is 0.288. The zero-order valence-corrected chi connectivity index (χ0v) is 20.7. The molecule has 4 aromatic rings. The molecule has 1 aliphatic carbocycles. The predicted molar refractivity (Wildman–Crippen MR) is 141 cm³/mol. The SMILES string of the molecule is C[C@@H](NC(=O)c1ccc2[nH]c3c(c2c1)CCCC3)[C@H](Cc1ccc(Cl)cc1)c1ccc(Cl)cc1. The van der Waals surface area contributed by atoms with Crippen LogP contribution in [-0.2, 0) is 19.3 Å². The molecule has 0 saturated carbocycles. The van der Waals surface area contributed by atoms with Crippen LogP contribution in [0.2, 0.25) is 10.0 Å². The van der Waals surface area contributed by atoms with Crippen LogP contribution in [0, 0.1) is 0 Å². The number of aromatic amines is 1. The van der Waals surface area contributed by atoms with Crippen LogP contribution in [0.25, 0.3) is 10.9 Å². The summed E-state index contributed by atoms with van der Waals surface area (Å²) >= 11 is 12.2. The zero-order valence-electron chi connectivity index (χ0n) is 19.2. The van der Waals surface area contributed by atoms with Gasteiger partial charge in [-0.05, 0) is 98.2 Å². The normalized spacial score (nSPS) is 15.0. The molecule has 0 unspecified atom stereocenters. The number of aromatic nitrogens is 1. The molecule has 1 aliphatic rings. The molecule has 5 heteroatoms. The van der Waals surface area contributed by atoms with Gasteiger partial charge in [0.05, 0.1) is 0 Å². The van der Waals surface area contributed by atoms with Gasteiger partial charge in [0.15, 0.2) is 0 Å². The molecular formula is C29H28Cl2N2O. The zero-order chi connectivity index (χ0) is 23.7. The molecule has 3 nitrogen and oxygen atoms in total. The Morgan fingerprint density at radius 2 is 1.62 bits per heavy atom. The summed E-state index contributed by atoms with van der Waals surface area (Å²) < 4.78 is 0. The maximum atomic E-state index is 13.3. The van der Waals surface area contributed by atoms with Gasteiger partial charge in [-0.1, -0.05) is 47.5 Å². The number of H-pyrrole nitrogens is 1. The second kappa shape index (κ2) is 9.85. The Morgan fingerprint density at radius 1 is 0.941 bits per heavy atom. The van der Waals surface area contributed by atoms with Crippen LogP contribution >= 0.6 is 23.2 Å². The van der Waals surface area contributed by atoms with Crippen molar-refractivity contribution in [1.29, 1.82) is 0 Å². The Kier molecular flexibility index (Phi) is 6.67. The average molecular weight is 491 g/mol. The Hall–Kier alpha value is -2.75. The average Bonchev–Trinajstić information content (AvgIpc) is 3.22. The number of carbonyl (C=O) groups is 1. The lowest BCUT2D eigenvalue weighted by Crippen LogP contribution is -2.37. The summed E-state index contributed by atoms with van der Waals surface area (Å²) in [5, 5.41) is 5.88. The monoisotopic (exact) mass is 490 g/mol. The maximum Gasteiger partial charge on any atom is 0.251 e. The lowest BCUT2D eigenvalue weighted by Gasteiger charge is -2.26. The van der Waals surface area contributed by atoms with Crippen molar-refractivity contribution in [3.05, 3.63) is 105 Å². The van der Waals surface area contributed by atoms with Gasteiger partial charge in [-0.3, -0.25) is 4.79 Å². The molecule has 0 radical (unpaired) electrons. The van der Waals surface area contributed by atoms with E-state index < -0.39 is 0 Å². The van der Waals surface area contributed by atoms with Crippen LogP contribution in [-0.4, -0.2) is 16.9 Å². The number of aryl methyl sites for hydroxylation is 2. The minimum Gasteiger partial charge on any atom is -0.358 e. The van der Waals surface area contributed by atoms with Crippen molar-refractivity contribution < 1.29 is 4.79 Å². The maximum absolute atomic E-state index is 13.3. The minimum atomic E-state index is -0.0832. The summed E-state index contributed by atoms with van der Waals surface area (Å²) in [6.45, 7) is 2.07. The summed E-state index contributed by atoms with van der Waals surface area (Å²) in [6.07, 6.45) is 5.39. The van der Waals surface area contributed by atoms with Gasteiger partial charge < -0.3 is 10.3 Å². The van der Waals surface area contributed by atoms with Crippen LogP contribution < -0.4 is 5.32 Å². The van der Waals surface area contributed by atoms with Gasteiger partial charge in [-0.25, -0.2) is 0 Å². The fraction of sp³-hybridized carbons (Fsp3) is 0.276. The second-order valence-electron chi connectivity index (χ2n) is 9.30. The van der Waals surface area contributed by atoms with Gasteiger partial charge in [-0.2, -0.15) is 0 Å². The van der Waals surface area contributed by atoms with Gasteiger partial charge in [0, 0.05) is 44.2 Å². The highest BCUT2D eigenvalue weighted by atomic mass is 35.5. The molecule has 1 aromatic heterocycles. The Morgan fingerprint density at radius 3 is 2.35 bits per heavy atom. The summed E-state index contributed by atoms with van der Waals surface area (Å²) in [4.78, 5) is 16.9. The lowest BCUT2D eigenvalue weighted by atomic mass is 9.86. The topological polar surface area (TPSA) is 44.9 Å². The van der Waals surface area contributed by atoms with Crippen molar-refractivity contribution in [2.45, 2.75) is 51.0 Å². The molecule has 0 spiro atoms. The minimum absolute atomic E-state index is 0.0461. The van der Waals surface area contributed by atoms with Crippen molar-refractivity contribution in [1.82, 2.24) is 10.3 Å². The third kappa shape index (κ3) is 4.87. The molecule has 1 amide bonds. The summed E-state index contributed by atoms with van der Waals surface area (Å²) in [5.41, 5.74) is 6.85. The highest BCUT2D eigenvalue weighted by Crippen LogP contribution is 2.30.